The number of nitrogens with one attached hydrogen (secondary N) is 5. The second kappa shape index (κ2) is 13.2. The van der Waals surface area contributed by atoms with Crippen LogP contribution in [-0.4, -0.2) is 67.9 Å². The van der Waals surface area contributed by atoms with Crippen molar-refractivity contribution in [3.05, 3.63) is 71.3 Å². The van der Waals surface area contributed by atoms with Crippen molar-refractivity contribution in [2.24, 2.45) is 0 Å². The minimum Gasteiger partial charge on any atom is -0.444 e. The molecule has 2 aliphatic rings. The van der Waals surface area contributed by atoms with Gasteiger partial charge in [0.05, 0.1) is 24.2 Å². The molecule has 2 saturated heterocycles. The van der Waals surface area contributed by atoms with Crippen LogP contribution < -0.4 is 26.6 Å². The first-order chi connectivity index (χ1) is 19.6. The largest absolute Gasteiger partial charge is 0.444 e. The number of hydrogen-bond donors (Lipinski definition) is 5. The summed E-state index contributed by atoms with van der Waals surface area (Å²) in [6.07, 6.45) is 1.90. The molecular weight excluding hydrogens is 520 g/mol. The number of carbonyl (C=O) groups is 3. The SMILES string of the molecule is CNC(=O)NC1CC(c2ccc(C3C(NC(=O)NC)CCCN3C(=O)OC(C)(C)C)cc2)CNC1c1ccccc1. The number of nitrogens with zero attached hydrogens (tertiary/aromatic N) is 1. The predicted molar refractivity (Wildman–Crippen MR) is 159 cm³/mol. The molecule has 10 heteroatoms. The Bertz CT molecular complexity index is 1180. The van der Waals surface area contributed by atoms with Crippen molar-refractivity contribution in [3.8, 4) is 0 Å². The highest BCUT2D eigenvalue weighted by Gasteiger charge is 2.39. The topological polar surface area (TPSA) is 124 Å². The molecule has 5 unspecified atom stereocenters. The van der Waals surface area contributed by atoms with Crippen LogP contribution in [0.25, 0.3) is 0 Å². The maximum Gasteiger partial charge on any atom is 0.410 e. The van der Waals surface area contributed by atoms with Gasteiger partial charge in [-0.25, -0.2) is 14.4 Å². The summed E-state index contributed by atoms with van der Waals surface area (Å²) < 4.78 is 5.74. The molecule has 4 rings (SSSR count). The van der Waals surface area contributed by atoms with Gasteiger partial charge in [-0.2, -0.15) is 0 Å². The van der Waals surface area contributed by atoms with E-state index in [4.69, 9.17) is 4.74 Å². The van der Waals surface area contributed by atoms with Crippen LogP contribution in [-0.2, 0) is 4.74 Å². The molecular formula is C31H44N6O4. The lowest BCUT2D eigenvalue weighted by Gasteiger charge is -2.42. The second-order valence-corrected chi connectivity index (χ2v) is 11.8. The van der Waals surface area contributed by atoms with Crippen molar-refractivity contribution in [3.63, 3.8) is 0 Å². The number of rotatable bonds is 5. The summed E-state index contributed by atoms with van der Waals surface area (Å²) >= 11 is 0. The van der Waals surface area contributed by atoms with Crippen LogP contribution in [0.2, 0.25) is 0 Å². The molecule has 0 spiro atoms. The fourth-order valence-corrected chi connectivity index (χ4v) is 5.88. The summed E-state index contributed by atoms with van der Waals surface area (Å²) in [4.78, 5) is 39.6. The summed E-state index contributed by atoms with van der Waals surface area (Å²) in [6.45, 7) is 6.87. The molecule has 0 aromatic heterocycles. The molecule has 2 aliphatic heterocycles. The molecule has 5 atom stereocenters. The van der Waals surface area contributed by atoms with Crippen molar-refractivity contribution >= 4 is 18.2 Å². The van der Waals surface area contributed by atoms with E-state index in [-0.39, 0.29) is 48.2 Å². The summed E-state index contributed by atoms with van der Waals surface area (Å²) in [5.41, 5.74) is 2.59. The highest BCUT2D eigenvalue weighted by atomic mass is 16.6. The van der Waals surface area contributed by atoms with Crippen LogP contribution in [0.3, 0.4) is 0 Å². The van der Waals surface area contributed by atoms with Crippen LogP contribution in [0, 0.1) is 0 Å². The average molecular weight is 565 g/mol. The molecule has 41 heavy (non-hydrogen) atoms. The van der Waals surface area contributed by atoms with Gasteiger partial charge < -0.3 is 31.3 Å². The van der Waals surface area contributed by atoms with Gasteiger partial charge in [-0.15, -0.1) is 0 Å². The van der Waals surface area contributed by atoms with E-state index < -0.39 is 5.60 Å². The van der Waals surface area contributed by atoms with Gasteiger partial charge in [0.1, 0.15) is 5.60 Å². The van der Waals surface area contributed by atoms with E-state index in [0.29, 0.717) is 6.54 Å². The molecule has 0 bridgehead atoms. The summed E-state index contributed by atoms with van der Waals surface area (Å²) in [7, 11) is 3.21. The van der Waals surface area contributed by atoms with Gasteiger partial charge in [-0.1, -0.05) is 54.6 Å². The molecule has 222 valence electrons. The Labute approximate surface area is 243 Å². The predicted octanol–water partition coefficient (Wildman–Crippen LogP) is 4.17. The van der Waals surface area contributed by atoms with Gasteiger partial charge in [-0.3, -0.25) is 4.90 Å². The van der Waals surface area contributed by atoms with Crippen LogP contribution in [0.1, 0.15) is 74.7 Å². The lowest BCUT2D eigenvalue weighted by Crippen LogP contribution is -2.54. The van der Waals surface area contributed by atoms with Crippen molar-refractivity contribution in [2.75, 3.05) is 27.2 Å². The highest BCUT2D eigenvalue weighted by Crippen LogP contribution is 2.36. The summed E-state index contributed by atoms with van der Waals surface area (Å²) in [5.74, 6) is 0.180. The lowest BCUT2D eigenvalue weighted by molar-refractivity contribution is 0.00464. The normalized spacial score (nSPS) is 24.6. The Hall–Kier alpha value is -3.79. The molecule has 2 aromatic rings. The van der Waals surface area contributed by atoms with Gasteiger partial charge in [0.15, 0.2) is 0 Å². The van der Waals surface area contributed by atoms with Crippen molar-refractivity contribution in [1.29, 1.82) is 0 Å². The summed E-state index contributed by atoms with van der Waals surface area (Å²) in [6, 6.07) is 17.3. The number of carbonyl (C=O) groups excluding carboxylic acids is 3. The van der Waals surface area contributed by atoms with Crippen LogP contribution in [0.5, 0.6) is 0 Å². The molecule has 10 nitrogen and oxygen atoms in total. The maximum atomic E-state index is 13.2. The molecule has 0 aliphatic carbocycles. The monoisotopic (exact) mass is 564 g/mol. The Kier molecular flexibility index (Phi) is 9.75. The molecule has 0 radical (unpaired) electrons. The van der Waals surface area contributed by atoms with Gasteiger partial charge in [-0.05, 0) is 62.6 Å². The first-order valence-corrected chi connectivity index (χ1v) is 14.4. The standard InChI is InChI=1S/C31H44N6O4/c1-31(2,3)41-30(40)37-17-9-12-24(35-28(38)32-4)27(37)22-15-13-20(14-16-22)23-18-25(36-29(39)33-5)26(34-19-23)21-10-7-6-8-11-21/h6-8,10-11,13-16,23-27,34H,9,12,17-19H2,1-5H3,(H2,32,35,38)(H2,33,36,39). The first kappa shape index (κ1) is 30.2. The molecule has 0 saturated carbocycles. The van der Waals surface area contributed by atoms with Gasteiger partial charge in [0.25, 0.3) is 0 Å². The number of piperidine rings is 2. The Morgan fingerprint density at radius 1 is 0.854 bits per heavy atom. The lowest BCUT2D eigenvalue weighted by atomic mass is 9.82. The van der Waals surface area contributed by atoms with E-state index in [9.17, 15) is 14.4 Å². The molecule has 2 aromatic carbocycles. The fraction of sp³-hybridized carbons (Fsp3) is 0.516. The first-order valence-electron chi connectivity index (χ1n) is 14.4. The Balaban J connectivity index is 1.56. The number of urea groups is 2. The third kappa shape index (κ3) is 7.70. The van der Waals surface area contributed by atoms with Crippen molar-refractivity contribution in [2.45, 2.75) is 75.7 Å². The van der Waals surface area contributed by atoms with E-state index >= 15 is 0 Å². The van der Waals surface area contributed by atoms with E-state index in [0.717, 1.165) is 42.5 Å². The molecule has 2 heterocycles. The molecule has 5 N–H and O–H groups in total. The van der Waals surface area contributed by atoms with Crippen molar-refractivity contribution < 1.29 is 19.1 Å². The number of amides is 5. The zero-order valence-corrected chi connectivity index (χ0v) is 24.7. The Morgan fingerprint density at radius 2 is 1.46 bits per heavy atom. The number of likely N-dealkylation sites (tertiary alicyclic amines) is 1. The minimum atomic E-state index is -0.627. The maximum absolute atomic E-state index is 13.2. The average Bonchev–Trinajstić information content (AvgIpc) is 2.96. The van der Waals surface area contributed by atoms with E-state index in [1.54, 1.807) is 19.0 Å². The van der Waals surface area contributed by atoms with Crippen LogP contribution in [0.4, 0.5) is 14.4 Å². The zero-order valence-electron chi connectivity index (χ0n) is 24.7. The van der Waals surface area contributed by atoms with Crippen LogP contribution >= 0.6 is 0 Å². The minimum absolute atomic E-state index is 0.00481. The zero-order chi connectivity index (χ0) is 29.6. The molecule has 5 amide bonds. The number of hydrogen-bond acceptors (Lipinski definition) is 5. The van der Waals surface area contributed by atoms with E-state index in [1.165, 1.54) is 0 Å². The Morgan fingerprint density at radius 3 is 2.07 bits per heavy atom. The second-order valence-electron chi connectivity index (χ2n) is 11.8. The van der Waals surface area contributed by atoms with Gasteiger partial charge in [0.2, 0.25) is 0 Å². The van der Waals surface area contributed by atoms with Crippen LogP contribution in [0.15, 0.2) is 54.6 Å². The number of benzene rings is 2. The third-order valence-electron chi connectivity index (χ3n) is 7.78. The summed E-state index contributed by atoms with van der Waals surface area (Å²) in [5, 5.41) is 15.1. The van der Waals surface area contributed by atoms with E-state index in [2.05, 4.69) is 50.8 Å². The quantitative estimate of drug-likeness (QED) is 0.373. The fourth-order valence-electron chi connectivity index (χ4n) is 5.88. The molecule has 2 fully saturated rings. The van der Waals surface area contributed by atoms with E-state index in [1.807, 2.05) is 51.1 Å². The third-order valence-corrected chi connectivity index (χ3v) is 7.78. The highest BCUT2D eigenvalue weighted by molar-refractivity contribution is 5.75. The number of ether oxygens (including phenoxy) is 1. The smallest absolute Gasteiger partial charge is 0.410 e. The van der Waals surface area contributed by atoms with Gasteiger partial charge >= 0.3 is 18.2 Å². The van der Waals surface area contributed by atoms with Crippen molar-refractivity contribution in [1.82, 2.24) is 31.5 Å². The van der Waals surface area contributed by atoms with Gasteiger partial charge in [0, 0.05) is 27.2 Å².